The van der Waals surface area contributed by atoms with Gasteiger partial charge in [0.15, 0.2) is 16.7 Å². The molecule has 7 heteroatoms. The van der Waals surface area contributed by atoms with Crippen LogP contribution in [0.3, 0.4) is 0 Å². The molecular formula is C22H22FN3O2S. The van der Waals surface area contributed by atoms with Crippen molar-refractivity contribution in [2.24, 2.45) is 0 Å². The molecule has 4 rings (SSSR count). The van der Waals surface area contributed by atoms with Gasteiger partial charge in [0.25, 0.3) is 5.91 Å². The summed E-state index contributed by atoms with van der Waals surface area (Å²) in [7, 11) is 1.43. The number of halogens is 1. The molecule has 0 unspecified atom stereocenters. The first-order valence-corrected chi connectivity index (χ1v) is 10.4. The summed E-state index contributed by atoms with van der Waals surface area (Å²) in [6.07, 6.45) is 2.48. The van der Waals surface area contributed by atoms with E-state index in [1.807, 2.05) is 12.1 Å². The Hall–Kier alpha value is -2.77. The van der Waals surface area contributed by atoms with E-state index in [0.29, 0.717) is 22.0 Å². The highest BCUT2D eigenvalue weighted by atomic mass is 32.1. The lowest BCUT2D eigenvalue weighted by molar-refractivity contribution is 0.102. The largest absolute Gasteiger partial charge is 0.494 e. The van der Waals surface area contributed by atoms with Crippen molar-refractivity contribution in [3.05, 3.63) is 64.8 Å². The third-order valence-electron chi connectivity index (χ3n) is 4.97. The quantitative estimate of drug-likeness (QED) is 0.633. The van der Waals surface area contributed by atoms with Crippen molar-refractivity contribution in [3.63, 3.8) is 0 Å². The van der Waals surface area contributed by atoms with Gasteiger partial charge < -0.3 is 4.74 Å². The summed E-state index contributed by atoms with van der Waals surface area (Å²) in [5, 5.41) is 5.11. The van der Waals surface area contributed by atoms with E-state index in [0.717, 1.165) is 25.2 Å². The number of amides is 1. The topological polar surface area (TPSA) is 54.5 Å². The Kier molecular flexibility index (Phi) is 5.87. The van der Waals surface area contributed by atoms with Crippen molar-refractivity contribution >= 4 is 22.4 Å². The first-order valence-electron chi connectivity index (χ1n) is 9.54. The van der Waals surface area contributed by atoms with E-state index in [1.165, 1.54) is 37.4 Å². The Morgan fingerprint density at radius 3 is 2.83 bits per heavy atom. The van der Waals surface area contributed by atoms with Gasteiger partial charge in [0.05, 0.1) is 12.8 Å². The van der Waals surface area contributed by atoms with Gasteiger partial charge in [-0.15, -0.1) is 11.3 Å². The number of hydrogen-bond acceptors (Lipinski definition) is 5. The zero-order chi connectivity index (χ0) is 20.2. The standard InChI is InChI=1S/C22H22FN3O2S/c1-28-20-8-7-16(12-18(20)23)19-14-29-22(24-19)25-21(27)17-6-4-5-15(11-17)13-26-9-2-3-10-26/h4-8,11-12,14H,2-3,9-10,13H2,1H3,(H,24,25,27). The van der Waals surface area contributed by atoms with Crippen LogP contribution >= 0.6 is 11.3 Å². The van der Waals surface area contributed by atoms with Gasteiger partial charge in [-0.1, -0.05) is 12.1 Å². The van der Waals surface area contributed by atoms with Crippen LogP contribution < -0.4 is 10.1 Å². The lowest BCUT2D eigenvalue weighted by Crippen LogP contribution is -2.19. The van der Waals surface area contributed by atoms with Gasteiger partial charge in [-0.05, 0) is 61.8 Å². The van der Waals surface area contributed by atoms with Crippen molar-refractivity contribution in [3.8, 4) is 17.0 Å². The smallest absolute Gasteiger partial charge is 0.257 e. The second kappa shape index (κ2) is 8.71. The predicted octanol–water partition coefficient (Wildman–Crippen LogP) is 4.81. The van der Waals surface area contributed by atoms with E-state index in [1.54, 1.807) is 23.6 Å². The zero-order valence-electron chi connectivity index (χ0n) is 16.2. The van der Waals surface area contributed by atoms with Crippen molar-refractivity contribution in [1.82, 2.24) is 9.88 Å². The molecule has 1 aromatic heterocycles. The van der Waals surface area contributed by atoms with Crippen LogP contribution in [0, 0.1) is 5.82 Å². The highest BCUT2D eigenvalue weighted by Crippen LogP contribution is 2.28. The number of benzene rings is 2. The number of carbonyl (C=O) groups is 1. The summed E-state index contributed by atoms with van der Waals surface area (Å²) in [5.41, 5.74) is 2.98. The molecule has 1 amide bonds. The molecule has 150 valence electrons. The number of nitrogens with one attached hydrogen (secondary N) is 1. The van der Waals surface area contributed by atoms with Crippen LogP contribution in [0.15, 0.2) is 47.8 Å². The van der Waals surface area contributed by atoms with Crippen LogP contribution in [-0.4, -0.2) is 36.0 Å². The fraction of sp³-hybridized carbons (Fsp3) is 0.273. The van der Waals surface area contributed by atoms with E-state index in [4.69, 9.17) is 4.74 Å². The highest BCUT2D eigenvalue weighted by Gasteiger charge is 2.14. The number of anilines is 1. The van der Waals surface area contributed by atoms with Crippen LogP contribution in [0.2, 0.25) is 0 Å². The highest BCUT2D eigenvalue weighted by molar-refractivity contribution is 7.14. The minimum Gasteiger partial charge on any atom is -0.494 e. The van der Waals surface area contributed by atoms with Crippen LogP contribution in [-0.2, 0) is 6.54 Å². The molecule has 1 aliphatic rings. The average Bonchev–Trinajstić information content (AvgIpc) is 3.40. The van der Waals surface area contributed by atoms with Gasteiger partial charge in [-0.25, -0.2) is 9.37 Å². The van der Waals surface area contributed by atoms with Gasteiger partial charge in [0, 0.05) is 23.1 Å². The van der Waals surface area contributed by atoms with Crippen LogP contribution in [0.25, 0.3) is 11.3 Å². The van der Waals surface area contributed by atoms with E-state index in [2.05, 4.69) is 21.3 Å². The van der Waals surface area contributed by atoms with Gasteiger partial charge in [0.1, 0.15) is 0 Å². The number of ether oxygens (including phenoxy) is 1. The van der Waals surface area contributed by atoms with Gasteiger partial charge >= 0.3 is 0 Å². The van der Waals surface area contributed by atoms with Gasteiger partial charge in [-0.2, -0.15) is 0 Å². The Bertz CT molecular complexity index is 1010. The maximum Gasteiger partial charge on any atom is 0.257 e. The number of carbonyl (C=O) groups excluding carboxylic acids is 1. The van der Waals surface area contributed by atoms with E-state index >= 15 is 0 Å². The molecule has 29 heavy (non-hydrogen) atoms. The summed E-state index contributed by atoms with van der Waals surface area (Å²) in [4.78, 5) is 19.5. The maximum absolute atomic E-state index is 13.9. The number of hydrogen-bond donors (Lipinski definition) is 1. The molecule has 1 N–H and O–H groups in total. The van der Waals surface area contributed by atoms with Crippen molar-refractivity contribution < 1.29 is 13.9 Å². The summed E-state index contributed by atoms with van der Waals surface area (Å²) in [6, 6.07) is 12.4. The Labute approximate surface area is 173 Å². The number of likely N-dealkylation sites (tertiary alicyclic amines) is 1. The Morgan fingerprint density at radius 2 is 2.07 bits per heavy atom. The minimum atomic E-state index is -0.446. The molecule has 1 fully saturated rings. The van der Waals surface area contributed by atoms with Crippen LogP contribution in [0.4, 0.5) is 9.52 Å². The third kappa shape index (κ3) is 4.63. The molecule has 0 radical (unpaired) electrons. The Balaban J connectivity index is 1.44. The molecule has 5 nitrogen and oxygen atoms in total. The number of aromatic nitrogens is 1. The molecule has 0 atom stereocenters. The summed E-state index contributed by atoms with van der Waals surface area (Å²) in [5.74, 6) is -0.459. The van der Waals surface area contributed by atoms with E-state index in [-0.39, 0.29) is 11.7 Å². The maximum atomic E-state index is 13.9. The van der Waals surface area contributed by atoms with Crippen LogP contribution in [0.5, 0.6) is 5.75 Å². The molecular weight excluding hydrogens is 389 g/mol. The van der Waals surface area contributed by atoms with Crippen molar-refractivity contribution in [2.45, 2.75) is 19.4 Å². The Morgan fingerprint density at radius 1 is 1.24 bits per heavy atom. The first kappa shape index (κ1) is 19.5. The lowest BCUT2D eigenvalue weighted by Gasteiger charge is -2.14. The molecule has 0 saturated carbocycles. The number of methoxy groups -OCH3 is 1. The second-order valence-electron chi connectivity index (χ2n) is 7.02. The predicted molar refractivity (Wildman–Crippen MR) is 113 cm³/mol. The number of rotatable bonds is 6. The first-order chi connectivity index (χ1) is 14.1. The summed E-state index contributed by atoms with van der Waals surface area (Å²) < 4.78 is 18.9. The molecule has 2 aromatic carbocycles. The number of thiazole rings is 1. The fourth-order valence-electron chi connectivity index (χ4n) is 3.47. The van der Waals surface area contributed by atoms with E-state index < -0.39 is 5.82 Å². The fourth-order valence-corrected chi connectivity index (χ4v) is 4.18. The molecule has 1 saturated heterocycles. The lowest BCUT2D eigenvalue weighted by atomic mass is 10.1. The average molecular weight is 412 g/mol. The van der Waals surface area contributed by atoms with Crippen LogP contribution in [0.1, 0.15) is 28.8 Å². The van der Waals surface area contributed by atoms with Crippen molar-refractivity contribution in [1.29, 1.82) is 0 Å². The summed E-state index contributed by atoms with van der Waals surface area (Å²) >= 11 is 1.31. The zero-order valence-corrected chi connectivity index (χ0v) is 17.0. The molecule has 1 aliphatic heterocycles. The molecule has 2 heterocycles. The second-order valence-corrected chi connectivity index (χ2v) is 7.88. The minimum absolute atomic E-state index is 0.186. The van der Waals surface area contributed by atoms with E-state index in [9.17, 15) is 9.18 Å². The molecule has 3 aromatic rings. The SMILES string of the molecule is COc1ccc(-c2csc(NC(=O)c3cccc(CN4CCCC4)c3)n2)cc1F. The third-order valence-corrected chi connectivity index (χ3v) is 5.72. The molecule has 0 bridgehead atoms. The number of nitrogens with zero attached hydrogens (tertiary/aromatic N) is 2. The normalized spacial score (nSPS) is 14.1. The van der Waals surface area contributed by atoms with Gasteiger partial charge in [-0.3, -0.25) is 15.0 Å². The molecule has 0 aliphatic carbocycles. The van der Waals surface area contributed by atoms with Gasteiger partial charge in [0.2, 0.25) is 0 Å². The molecule has 0 spiro atoms. The summed E-state index contributed by atoms with van der Waals surface area (Å²) in [6.45, 7) is 3.10. The van der Waals surface area contributed by atoms with Crippen molar-refractivity contribution in [2.75, 3.05) is 25.5 Å². The monoisotopic (exact) mass is 411 g/mol.